The fourth-order valence-corrected chi connectivity index (χ4v) is 3.46. The fourth-order valence-electron chi connectivity index (χ4n) is 3.46. The molecule has 1 amide bonds. The van der Waals surface area contributed by atoms with Crippen LogP contribution in [0.2, 0.25) is 0 Å². The number of aromatic nitrogens is 3. The number of aryl methyl sites for hydroxylation is 3. The molecule has 0 unspecified atom stereocenters. The Kier molecular flexibility index (Phi) is 9.39. The summed E-state index contributed by atoms with van der Waals surface area (Å²) in [4.78, 5) is 17.0. The van der Waals surface area contributed by atoms with Crippen LogP contribution < -0.4 is 15.8 Å². The van der Waals surface area contributed by atoms with E-state index < -0.39 is 0 Å². The Balaban J connectivity index is 0.00000225. The van der Waals surface area contributed by atoms with E-state index in [1.54, 1.807) is 11.8 Å². The number of fused-ring (bicyclic) bond motifs is 1. The van der Waals surface area contributed by atoms with Gasteiger partial charge in [0.2, 0.25) is 11.8 Å². The molecule has 30 heavy (non-hydrogen) atoms. The number of amides is 1. The van der Waals surface area contributed by atoms with E-state index in [0.717, 1.165) is 45.5 Å². The number of ether oxygens (including phenoxy) is 1. The van der Waals surface area contributed by atoms with Gasteiger partial charge < -0.3 is 15.8 Å². The van der Waals surface area contributed by atoms with Gasteiger partial charge in [-0.25, -0.2) is 9.67 Å². The predicted octanol–water partition coefficient (Wildman–Crippen LogP) is 3.31. The number of hydrogen-bond donors (Lipinski definition) is 2. The average molecular weight is 454 g/mol. The van der Waals surface area contributed by atoms with Crippen molar-refractivity contribution in [1.29, 1.82) is 0 Å². The van der Waals surface area contributed by atoms with Crippen LogP contribution in [-0.4, -0.2) is 34.3 Å². The van der Waals surface area contributed by atoms with Crippen LogP contribution in [0, 0.1) is 13.8 Å². The molecule has 2 heterocycles. The third-order valence-electron chi connectivity index (χ3n) is 5.03. The zero-order valence-electron chi connectivity index (χ0n) is 17.7. The first-order valence-electron chi connectivity index (χ1n) is 9.38. The number of benzene rings is 1. The SMILES string of the molecule is COc1nn(C)c2nc(C)c(CCC(=O)NCCc3ccc(N)cc3)c(C)c12.Cl.Cl. The molecule has 0 radical (unpaired) electrons. The van der Waals surface area contributed by atoms with E-state index in [2.05, 4.69) is 15.4 Å². The molecule has 2 aromatic heterocycles. The summed E-state index contributed by atoms with van der Waals surface area (Å²) in [5.41, 5.74) is 11.5. The third kappa shape index (κ3) is 5.55. The summed E-state index contributed by atoms with van der Waals surface area (Å²) in [6, 6.07) is 7.71. The van der Waals surface area contributed by atoms with Crippen LogP contribution in [0.3, 0.4) is 0 Å². The summed E-state index contributed by atoms with van der Waals surface area (Å²) in [5, 5.41) is 8.26. The maximum absolute atomic E-state index is 12.3. The van der Waals surface area contributed by atoms with Crippen molar-refractivity contribution < 1.29 is 9.53 Å². The van der Waals surface area contributed by atoms with Crippen LogP contribution in [0.1, 0.15) is 28.8 Å². The highest BCUT2D eigenvalue weighted by atomic mass is 35.5. The minimum absolute atomic E-state index is 0. The van der Waals surface area contributed by atoms with Gasteiger partial charge in [-0.1, -0.05) is 12.1 Å². The Morgan fingerprint density at radius 3 is 2.47 bits per heavy atom. The van der Waals surface area contributed by atoms with Gasteiger partial charge in [0.15, 0.2) is 5.65 Å². The number of pyridine rings is 1. The normalized spacial score (nSPS) is 10.3. The van der Waals surface area contributed by atoms with Crippen molar-refractivity contribution in [3.63, 3.8) is 0 Å². The number of nitrogens with one attached hydrogen (secondary N) is 1. The summed E-state index contributed by atoms with van der Waals surface area (Å²) in [6.45, 7) is 4.62. The van der Waals surface area contributed by atoms with Crippen molar-refractivity contribution in [1.82, 2.24) is 20.1 Å². The van der Waals surface area contributed by atoms with Crippen molar-refractivity contribution in [3.8, 4) is 5.88 Å². The molecule has 164 valence electrons. The standard InChI is InChI=1S/C21H27N5O2.2ClH/c1-13-17(14(2)24-20-19(13)21(28-4)25-26(20)3)9-10-18(27)23-12-11-15-5-7-16(22)8-6-15;;/h5-8H,9-12,22H2,1-4H3,(H,23,27);2*1H. The molecule has 3 N–H and O–H groups in total. The number of carbonyl (C=O) groups is 1. The van der Waals surface area contributed by atoms with Gasteiger partial charge in [0.25, 0.3) is 0 Å². The molecule has 0 aliphatic rings. The third-order valence-corrected chi connectivity index (χ3v) is 5.03. The van der Waals surface area contributed by atoms with E-state index >= 15 is 0 Å². The number of rotatable bonds is 7. The number of nitrogens with two attached hydrogens (primary N) is 1. The van der Waals surface area contributed by atoms with Gasteiger partial charge in [-0.15, -0.1) is 29.9 Å². The highest BCUT2D eigenvalue weighted by Gasteiger charge is 2.18. The van der Waals surface area contributed by atoms with Crippen molar-refractivity contribution in [2.75, 3.05) is 19.4 Å². The van der Waals surface area contributed by atoms with Crippen molar-refractivity contribution in [3.05, 3.63) is 46.6 Å². The van der Waals surface area contributed by atoms with Gasteiger partial charge in [0.1, 0.15) is 0 Å². The molecule has 9 heteroatoms. The molecule has 0 aliphatic carbocycles. The highest BCUT2D eigenvalue weighted by Crippen LogP contribution is 2.30. The second-order valence-electron chi connectivity index (χ2n) is 6.97. The summed E-state index contributed by atoms with van der Waals surface area (Å²) < 4.78 is 7.12. The number of nitrogen functional groups attached to an aromatic ring is 1. The summed E-state index contributed by atoms with van der Waals surface area (Å²) in [5.74, 6) is 0.601. The number of halogens is 2. The van der Waals surface area contributed by atoms with E-state index in [9.17, 15) is 4.79 Å². The molecule has 3 aromatic rings. The first-order valence-corrected chi connectivity index (χ1v) is 9.38. The Morgan fingerprint density at radius 1 is 1.17 bits per heavy atom. The number of hydrogen-bond acceptors (Lipinski definition) is 5. The molecule has 0 spiro atoms. The Morgan fingerprint density at radius 2 is 1.83 bits per heavy atom. The van der Waals surface area contributed by atoms with Crippen LogP contribution in [-0.2, 0) is 24.7 Å². The smallest absolute Gasteiger partial charge is 0.242 e. The molecule has 3 rings (SSSR count). The number of anilines is 1. The van der Waals surface area contributed by atoms with E-state index in [0.29, 0.717) is 25.3 Å². The maximum atomic E-state index is 12.3. The molecule has 0 fully saturated rings. The van der Waals surface area contributed by atoms with Crippen molar-refractivity contribution >= 4 is 47.4 Å². The van der Waals surface area contributed by atoms with Gasteiger partial charge >= 0.3 is 0 Å². The Labute approximate surface area is 189 Å². The number of methoxy groups -OCH3 is 1. The number of nitrogens with zero attached hydrogens (tertiary/aromatic N) is 3. The zero-order valence-corrected chi connectivity index (χ0v) is 19.3. The molecule has 0 bridgehead atoms. The quantitative estimate of drug-likeness (QED) is 0.534. The zero-order chi connectivity index (χ0) is 20.3. The van der Waals surface area contributed by atoms with Crippen LogP contribution in [0.4, 0.5) is 5.69 Å². The minimum Gasteiger partial charge on any atom is -0.479 e. The lowest BCUT2D eigenvalue weighted by Crippen LogP contribution is -2.26. The van der Waals surface area contributed by atoms with Gasteiger partial charge in [0.05, 0.1) is 12.5 Å². The number of carbonyl (C=O) groups excluding carboxylic acids is 1. The van der Waals surface area contributed by atoms with Crippen molar-refractivity contribution in [2.45, 2.75) is 33.1 Å². The molecule has 7 nitrogen and oxygen atoms in total. The maximum Gasteiger partial charge on any atom is 0.242 e. The topological polar surface area (TPSA) is 95.1 Å². The average Bonchev–Trinajstić information content (AvgIpc) is 2.99. The van der Waals surface area contributed by atoms with Crippen molar-refractivity contribution in [2.24, 2.45) is 7.05 Å². The Bertz CT molecular complexity index is 1000. The van der Waals surface area contributed by atoms with Gasteiger partial charge in [-0.2, -0.15) is 0 Å². The lowest BCUT2D eigenvalue weighted by molar-refractivity contribution is -0.121. The molecule has 1 aromatic carbocycles. The lowest BCUT2D eigenvalue weighted by Gasteiger charge is -2.11. The largest absolute Gasteiger partial charge is 0.479 e. The monoisotopic (exact) mass is 453 g/mol. The van der Waals surface area contributed by atoms with Crippen LogP contribution >= 0.6 is 24.8 Å². The molecule has 0 atom stereocenters. The van der Waals surface area contributed by atoms with Gasteiger partial charge in [-0.3, -0.25) is 4.79 Å². The summed E-state index contributed by atoms with van der Waals surface area (Å²) in [7, 11) is 3.46. The van der Waals surface area contributed by atoms with E-state index in [1.165, 1.54) is 0 Å². The van der Waals surface area contributed by atoms with E-state index in [4.69, 9.17) is 10.5 Å². The van der Waals surface area contributed by atoms with E-state index in [1.807, 2.05) is 45.2 Å². The van der Waals surface area contributed by atoms with Gasteiger partial charge in [-0.05, 0) is 55.5 Å². The second kappa shape index (κ2) is 11.0. The fraction of sp³-hybridized carbons (Fsp3) is 0.381. The van der Waals surface area contributed by atoms with Crippen LogP contribution in [0.5, 0.6) is 5.88 Å². The molecular formula is C21H29Cl2N5O2. The highest BCUT2D eigenvalue weighted by molar-refractivity contribution is 5.86. The van der Waals surface area contributed by atoms with Crippen LogP contribution in [0.25, 0.3) is 11.0 Å². The molecule has 0 aliphatic heterocycles. The van der Waals surface area contributed by atoms with Crippen LogP contribution in [0.15, 0.2) is 24.3 Å². The first kappa shape index (κ1) is 25.5. The Hall–Kier alpha value is -2.51. The van der Waals surface area contributed by atoms with E-state index in [-0.39, 0.29) is 30.7 Å². The summed E-state index contributed by atoms with van der Waals surface area (Å²) in [6.07, 6.45) is 1.83. The molecular weight excluding hydrogens is 425 g/mol. The second-order valence-corrected chi connectivity index (χ2v) is 6.97. The molecule has 0 saturated heterocycles. The lowest BCUT2D eigenvalue weighted by atomic mass is 10.00. The minimum atomic E-state index is 0. The molecule has 0 saturated carbocycles. The predicted molar refractivity (Wildman–Crippen MR) is 125 cm³/mol. The van der Waals surface area contributed by atoms with Gasteiger partial charge in [0, 0.05) is 31.4 Å². The summed E-state index contributed by atoms with van der Waals surface area (Å²) >= 11 is 0. The first-order chi connectivity index (χ1) is 13.4.